The third kappa shape index (κ3) is 3.07. The van der Waals surface area contributed by atoms with Crippen LogP contribution in [0.2, 0.25) is 0 Å². The van der Waals surface area contributed by atoms with Gasteiger partial charge in [-0.25, -0.2) is 5.43 Å². The highest BCUT2D eigenvalue weighted by Crippen LogP contribution is 2.28. The van der Waals surface area contributed by atoms with Crippen molar-refractivity contribution < 1.29 is 14.3 Å². The Kier molecular flexibility index (Phi) is 4.18. The zero-order valence-electron chi connectivity index (χ0n) is 13.4. The fraction of sp³-hybridized carbons (Fsp3) is 0. The summed E-state index contributed by atoms with van der Waals surface area (Å²) in [5, 5.41) is 16.4. The number of phenolic OH excluding ortho intramolecular Hbond substituents is 1. The highest BCUT2D eigenvalue weighted by molar-refractivity contribution is 9.10. The maximum Gasteiger partial charge on any atom is 0.307 e. The molecule has 6 heteroatoms. The molecule has 1 aromatic heterocycles. The lowest BCUT2D eigenvalue weighted by atomic mass is 10.1. The number of phenols is 1. The number of benzene rings is 3. The number of halogens is 1. The van der Waals surface area contributed by atoms with E-state index in [0.29, 0.717) is 10.1 Å². The van der Waals surface area contributed by atoms with Crippen molar-refractivity contribution in [2.24, 2.45) is 5.10 Å². The first kappa shape index (κ1) is 16.4. The van der Waals surface area contributed by atoms with E-state index in [1.54, 1.807) is 18.2 Å². The van der Waals surface area contributed by atoms with E-state index < -0.39 is 5.91 Å². The molecule has 0 aliphatic rings. The van der Waals surface area contributed by atoms with E-state index >= 15 is 0 Å². The number of nitrogens with zero attached hydrogens (tertiary/aromatic N) is 1. The number of hydrogen-bond acceptors (Lipinski definition) is 4. The molecule has 2 N–H and O–H groups in total. The lowest BCUT2D eigenvalue weighted by molar-refractivity contribution is 0.0929. The van der Waals surface area contributed by atoms with Crippen LogP contribution in [-0.2, 0) is 0 Å². The standard InChI is InChI=1S/C20H13BrN2O3/c21-16-9-12(5-7-17(16)24)11-22-23-20(25)19-10-15-14-4-2-1-3-13(14)6-8-18(15)26-19/h1-11,24H,(H,23,25). The van der Waals surface area contributed by atoms with E-state index in [4.69, 9.17) is 4.42 Å². The van der Waals surface area contributed by atoms with Crippen LogP contribution < -0.4 is 5.43 Å². The van der Waals surface area contributed by atoms with E-state index in [9.17, 15) is 9.90 Å². The number of carbonyl (C=O) groups excluding carboxylic acids is 1. The molecular formula is C20H13BrN2O3. The van der Waals surface area contributed by atoms with E-state index in [1.165, 1.54) is 12.3 Å². The summed E-state index contributed by atoms with van der Waals surface area (Å²) in [5.41, 5.74) is 3.83. The summed E-state index contributed by atoms with van der Waals surface area (Å²) in [6.45, 7) is 0. The van der Waals surface area contributed by atoms with E-state index in [1.807, 2.05) is 36.4 Å². The molecule has 0 bridgehead atoms. The first-order chi connectivity index (χ1) is 12.6. The number of aromatic hydroxyl groups is 1. The number of nitrogens with one attached hydrogen (secondary N) is 1. The summed E-state index contributed by atoms with van der Waals surface area (Å²) in [6, 6.07) is 18.4. The SMILES string of the molecule is O=C(NN=Cc1ccc(O)c(Br)c1)c1cc2c(ccc3ccccc32)o1. The quantitative estimate of drug-likeness (QED) is 0.377. The number of rotatable bonds is 3. The topological polar surface area (TPSA) is 74.8 Å². The molecule has 0 spiro atoms. The monoisotopic (exact) mass is 408 g/mol. The molecule has 0 atom stereocenters. The van der Waals surface area contributed by atoms with Crippen molar-refractivity contribution >= 4 is 49.8 Å². The predicted octanol–water partition coefficient (Wildman–Crippen LogP) is 4.82. The van der Waals surface area contributed by atoms with Gasteiger partial charge < -0.3 is 9.52 Å². The lowest BCUT2D eigenvalue weighted by Crippen LogP contribution is -2.16. The second-order valence-corrected chi connectivity index (χ2v) is 6.57. The fourth-order valence-corrected chi connectivity index (χ4v) is 3.12. The minimum Gasteiger partial charge on any atom is -0.507 e. The van der Waals surface area contributed by atoms with Crippen molar-refractivity contribution in [2.45, 2.75) is 0 Å². The second kappa shape index (κ2) is 6.65. The summed E-state index contributed by atoms with van der Waals surface area (Å²) in [7, 11) is 0. The first-order valence-electron chi connectivity index (χ1n) is 7.85. The van der Waals surface area contributed by atoms with Gasteiger partial charge in [0, 0.05) is 5.39 Å². The molecule has 0 radical (unpaired) electrons. The summed E-state index contributed by atoms with van der Waals surface area (Å²) < 4.78 is 6.20. The Bertz CT molecular complexity index is 1160. The molecular weight excluding hydrogens is 396 g/mol. The highest BCUT2D eigenvalue weighted by atomic mass is 79.9. The predicted molar refractivity (Wildman–Crippen MR) is 105 cm³/mol. The number of hydrogen-bond donors (Lipinski definition) is 2. The third-order valence-electron chi connectivity index (χ3n) is 4.00. The highest BCUT2D eigenvalue weighted by Gasteiger charge is 2.13. The Balaban J connectivity index is 1.57. The smallest absolute Gasteiger partial charge is 0.307 e. The van der Waals surface area contributed by atoms with Gasteiger partial charge in [0.15, 0.2) is 5.76 Å². The minimum atomic E-state index is -0.431. The van der Waals surface area contributed by atoms with Gasteiger partial charge in [-0.1, -0.05) is 30.3 Å². The molecule has 26 heavy (non-hydrogen) atoms. The van der Waals surface area contributed by atoms with Crippen LogP contribution in [0.3, 0.4) is 0 Å². The van der Waals surface area contributed by atoms with Crippen molar-refractivity contribution in [1.82, 2.24) is 5.43 Å². The van der Waals surface area contributed by atoms with Crippen molar-refractivity contribution in [3.8, 4) is 5.75 Å². The third-order valence-corrected chi connectivity index (χ3v) is 4.64. The average molecular weight is 409 g/mol. The molecule has 4 rings (SSSR count). The van der Waals surface area contributed by atoms with Crippen LogP contribution in [0.1, 0.15) is 16.1 Å². The Morgan fingerprint density at radius 3 is 2.77 bits per heavy atom. The molecule has 0 aliphatic heterocycles. The van der Waals surface area contributed by atoms with Crippen LogP contribution in [0.4, 0.5) is 0 Å². The van der Waals surface area contributed by atoms with Gasteiger partial charge in [0.2, 0.25) is 0 Å². The van der Waals surface area contributed by atoms with Gasteiger partial charge in [-0.05, 0) is 62.6 Å². The molecule has 0 fully saturated rings. The number of amides is 1. The second-order valence-electron chi connectivity index (χ2n) is 5.72. The Morgan fingerprint density at radius 1 is 1.08 bits per heavy atom. The number of fused-ring (bicyclic) bond motifs is 3. The van der Waals surface area contributed by atoms with Crippen LogP contribution in [0.25, 0.3) is 21.7 Å². The van der Waals surface area contributed by atoms with Crippen LogP contribution >= 0.6 is 15.9 Å². The molecule has 1 heterocycles. The Hall–Kier alpha value is -3.12. The molecule has 0 saturated heterocycles. The average Bonchev–Trinajstić information content (AvgIpc) is 3.09. The van der Waals surface area contributed by atoms with Crippen LogP contribution in [0, 0.1) is 0 Å². The lowest BCUT2D eigenvalue weighted by Gasteiger charge is -1.98. The van der Waals surface area contributed by atoms with Crippen LogP contribution in [-0.4, -0.2) is 17.2 Å². The maximum absolute atomic E-state index is 12.3. The summed E-state index contributed by atoms with van der Waals surface area (Å²) in [5.74, 6) is -0.0968. The molecule has 3 aromatic carbocycles. The van der Waals surface area contributed by atoms with Crippen molar-refractivity contribution in [1.29, 1.82) is 0 Å². The molecule has 5 nitrogen and oxygen atoms in total. The molecule has 0 aliphatic carbocycles. The zero-order chi connectivity index (χ0) is 18.1. The van der Waals surface area contributed by atoms with Crippen LogP contribution in [0.5, 0.6) is 5.75 Å². The van der Waals surface area contributed by atoms with Gasteiger partial charge in [0.05, 0.1) is 10.7 Å². The summed E-state index contributed by atoms with van der Waals surface area (Å²) >= 11 is 3.23. The van der Waals surface area contributed by atoms with Crippen molar-refractivity contribution in [3.05, 3.63) is 76.5 Å². The van der Waals surface area contributed by atoms with Crippen LogP contribution in [0.15, 0.2) is 74.7 Å². The molecule has 0 unspecified atom stereocenters. The van der Waals surface area contributed by atoms with E-state index in [2.05, 4.69) is 26.5 Å². The number of hydrazone groups is 1. The molecule has 4 aromatic rings. The largest absolute Gasteiger partial charge is 0.507 e. The number of furan rings is 1. The van der Waals surface area contributed by atoms with Gasteiger partial charge in [-0.2, -0.15) is 5.10 Å². The van der Waals surface area contributed by atoms with Crippen molar-refractivity contribution in [3.63, 3.8) is 0 Å². The normalized spacial score (nSPS) is 11.4. The Morgan fingerprint density at radius 2 is 1.92 bits per heavy atom. The Labute approximate surface area is 157 Å². The molecule has 0 saturated carbocycles. The fourth-order valence-electron chi connectivity index (χ4n) is 2.73. The number of carbonyl (C=O) groups is 1. The van der Waals surface area contributed by atoms with Gasteiger partial charge in [0.25, 0.3) is 0 Å². The zero-order valence-corrected chi connectivity index (χ0v) is 15.0. The van der Waals surface area contributed by atoms with Gasteiger partial charge in [-0.15, -0.1) is 0 Å². The van der Waals surface area contributed by atoms with E-state index in [0.717, 1.165) is 21.7 Å². The summed E-state index contributed by atoms with van der Waals surface area (Å²) in [4.78, 5) is 12.3. The van der Waals surface area contributed by atoms with E-state index in [-0.39, 0.29) is 11.5 Å². The molecule has 128 valence electrons. The van der Waals surface area contributed by atoms with Gasteiger partial charge in [0.1, 0.15) is 11.3 Å². The first-order valence-corrected chi connectivity index (χ1v) is 8.64. The minimum absolute atomic E-state index is 0.140. The van der Waals surface area contributed by atoms with Gasteiger partial charge in [-0.3, -0.25) is 4.79 Å². The van der Waals surface area contributed by atoms with Gasteiger partial charge >= 0.3 is 5.91 Å². The molecule has 1 amide bonds. The summed E-state index contributed by atoms with van der Waals surface area (Å²) in [6.07, 6.45) is 1.49. The van der Waals surface area contributed by atoms with Crippen molar-refractivity contribution in [2.75, 3.05) is 0 Å². The maximum atomic E-state index is 12.3.